The zero-order chi connectivity index (χ0) is 25.0. The molecule has 2 atom stereocenters. The minimum absolute atomic E-state index is 0.0211. The first-order chi connectivity index (χ1) is 16.1. The number of rotatable bonds is 7. The number of fused-ring (bicyclic) bond motifs is 1. The number of hydrogen-bond donors (Lipinski definition) is 2. The number of aliphatic imine (C=N–C) groups is 1. The van der Waals surface area contributed by atoms with E-state index in [1.807, 2.05) is 24.5 Å². The topological polar surface area (TPSA) is 88.4 Å². The standard InChI is InChI=1S/C25H31ClFN5O2/c1-14(2)32-13-29-24-21(27)10-18(11-22(24)32)20(15(3)26)12-23(28-5)31-25(34)17-7-6-8-19(9-17)30-16(4)33/h10-14,17,19H,5-9H2,1-4H3,(H,30,33)(H,31,34)/b20-15-,23-12+/t17-,19+/m0/s1. The van der Waals surface area contributed by atoms with Crippen LogP contribution in [0.3, 0.4) is 0 Å². The lowest BCUT2D eigenvalue weighted by Gasteiger charge is -2.28. The van der Waals surface area contributed by atoms with Gasteiger partial charge in [0.1, 0.15) is 11.3 Å². The van der Waals surface area contributed by atoms with Gasteiger partial charge in [-0.2, -0.15) is 0 Å². The van der Waals surface area contributed by atoms with Crippen molar-refractivity contribution in [1.82, 2.24) is 20.2 Å². The summed E-state index contributed by atoms with van der Waals surface area (Å²) in [5.41, 5.74) is 1.99. The molecule has 0 spiro atoms. The van der Waals surface area contributed by atoms with Gasteiger partial charge in [-0.3, -0.25) is 9.59 Å². The second kappa shape index (κ2) is 11.0. The molecule has 1 aliphatic carbocycles. The monoisotopic (exact) mass is 487 g/mol. The number of carbonyl (C=O) groups excluding carboxylic acids is 2. The predicted octanol–water partition coefficient (Wildman–Crippen LogP) is 5.08. The minimum atomic E-state index is -0.459. The Bertz CT molecular complexity index is 1160. The van der Waals surface area contributed by atoms with Gasteiger partial charge in [0.05, 0.1) is 11.8 Å². The first-order valence-corrected chi connectivity index (χ1v) is 11.8. The molecule has 2 aromatic rings. The normalized spacial score (nSPS) is 19.7. The second-order valence-electron chi connectivity index (χ2n) is 8.96. The Hall–Kier alpha value is -3.00. The Labute approximate surface area is 204 Å². The lowest BCUT2D eigenvalue weighted by atomic mass is 9.85. The molecule has 2 N–H and O–H groups in total. The molecule has 1 saturated carbocycles. The summed E-state index contributed by atoms with van der Waals surface area (Å²) in [5, 5.41) is 6.12. The molecule has 0 radical (unpaired) electrons. The summed E-state index contributed by atoms with van der Waals surface area (Å²) < 4.78 is 16.7. The highest BCUT2D eigenvalue weighted by Gasteiger charge is 2.28. The fourth-order valence-electron chi connectivity index (χ4n) is 4.37. The summed E-state index contributed by atoms with van der Waals surface area (Å²) in [6, 6.07) is 3.28. The lowest BCUT2D eigenvalue weighted by molar-refractivity contribution is -0.126. The van der Waals surface area contributed by atoms with Crippen LogP contribution in [0.2, 0.25) is 0 Å². The molecule has 0 bridgehead atoms. The van der Waals surface area contributed by atoms with E-state index >= 15 is 0 Å². The summed E-state index contributed by atoms with van der Waals surface area (Å²) in [4.78, 5) is 32.5. The van der Waals surface area contributed by atoms with E-state index in [2.05, 4.69) is 27.3 Å². The van der Waals surface area contributed by atoms with E-state index in [1.165, 1.54) is 13.0 Å². The quantitative estimate of drug-likeness (QED) is 0.421. The second-order valence-corrected chi connectivity index (χ2v) is 9.52. The van der Waals surface area contributed by atoms with Crippen LogP contribution in [-0.2, 0) is 9.59 Å². The van der Waals surface area contributed by atoms with Crippen LogP contribution in [0.25, 0.3) is 16.6 Å². The Kier molecular flexibility index (Phi) is 8.25. The van der Waals surface area contributed by atoms with Gasteiger partial charge in [0, 0.05) is 30.0 Å². The highest BCUT2D eigenvalue weighted by molar-refractivity contribution is 6.32. The van der Waals surface area contributed by atoms with Gasteiger partial charge in [0.25, 0.3) is 0 Å². The molecule has 0 aliphatic heterocycles. The molecule has 2 amide bonds. The summed E-state index contributed by atoms with van der Waals surface area (Å²) in [6.45, 7) is 10.7. The largest absolute Gasteiger partial charge is 0.354 e. The summed E-state index contributed by atoms with van der Waals surface area (Å²) in [7, 11) is 0. The van der Waals surface area contributed by atoms with Crippen molar-refractivity contribution < 1.29 is 14.0 Å². The molecular weight excluding hydrogens is 457 g/mol. The van der Waals surface area contributed by atoms with Crippen LogP contribution in [0.1, 0.15) is 65.0 Å². The van der Waals surface area contributed by atoms with E-state index < -0.39 is 5.82 Å². The molecule has 0 saturated heterocycles. The highest BCUT2D eigenvalue weighted by Crippen LogP contribution is 2.30. The molecule has 1 heterocycles. The molecule has 9 heteroatoms. The number of carbonyl (C=O) groups is 2. The number of imidazole rings is 1. The van der Waals surface area contributed by atoms with Crippen LogP contribution in [-0.4, -0.2) is 34.1 Å². The van der Waals surface area contributed by atoms with Crippen LogP contribution < -0.4 is 10.6 Å². The number of amides is 2. The van der Waals surface area contributed by atoms with Crippen LogP contribution in [0, 0.1) is 11.7 Å². The van der Waals surface area contributed by atoms with Crippen LogP contribution in [0.4, 0.5) is 4.39 Å². The third-order valence-electron chi connectivity index (χ3n) is 6.03. The van der Waals surface area contributed by atoms with Crippen molar-refractivity contribution in [3.8, 4) is 0 Å². The van der Waals surface area contributed by atoms with Crippen LogP contribution in [0.15, 0.2) is 40.4 Å². The number of halogens is 2. The SMILES string of the molecule is C=N/C(=C\C(=C(/C)Cl)c1cc(F)c2ncn(C(C)C)c2c1)NC(=O)[C@H]1CCC[C@@H](NC(C)=O)C1. The molecule has 1 fully saturated rings. The van der Waals surface area contributed by atoms with Crippen molar-refractivity contribution in [2.45, 2.75) is 65.5 Å². The van der Waals surface area contributed by atoms with E-state index in [0.717, 1.165) is 19.3 Å². The van der Waals surface area contributed by atoms with Crippen molar-refractivity contribution in [3.63, 3.8) is 0 Å². The molecule has 1 aromatic carbocycles. The average molecular weight is 488 g/mol. The van der Waals surface area contributed by atoms with Gasteiger partial charge in [0.15, 0.2) is 5.82 Å². The Balaban J connectivity index is 1.88. The molecule has 3 rings (SSSR count). The smallest absolute Gasteiger partial charge is 0.228 e. The highest BCUT2D eigenvalue weighted by atomic mass is 35.5. The summed E-state index contributed by atoms with van der Waals surface area (Å²) in [6.07, 6.45) is 6.20. The Morgan fingerprint density at radius 1 is 1.32 bits per heavy atom. The van der Waals surface area contributed by atoms with Gasteiger partial charge in [-0.1, -0.05) is 18.0 Å². The van der Waals surface area contributed by atoms with Crippen molar-refractivity contribution >= 4 is 46.7 Å². The number of allylic oxidation sites excluding steroid dienone is 3. The van der Waals surface area contributed by atoms with E-state index in [1.54, 1.807) is 19.3 Å². The van der Waals surface area contributed by atoms with Crippen molar-refractivity contribution in [1.29, 1.82) is 0 Å². The van der Waals surface area contributed by atoms with Gasteiger partial charge < -0.3 is 15.2 Å². The first-order valence-electron chi connectivity index (χ1n) is 11.4. The Morgan fingerprint density at radius 2 is 2.06 bits per heavy atom. The Morgan fingerprint density at radius 3 is 2.68 bits per heavy atom. The maximum atomic E-state index is 14.8. The zero-order valence-electron chi connectivity index (χ0n) is 20.0. The molecule has 1 aliphatic rings. The number of nitrogens with zero attached hydrogens (tertiary/aromatic N) is 3. The van der Waals surface area contributed by atoms with Crippen LogP contribution >= 0.6 is 11.6 Å². The summed E-state index contributed by atoms with van der Waals surface area (Å²) in [5.74, 6) is -0.789. The number of aromatic nitrogens is 2. The predicted molar refractivity (Wildman–Crippen MR) is 134 cm³/mol. The maximum Gasteiger partial charge on any atom is 0.228 e. The van der Waals surface area contributed by atoms with Gasteiger partial charge in [-0.25, -0.2) is 14.4 Å². The molecular formula is C25H31ClFN5O2. The average Bonchev–Trinajstić information content (AvgIpc) is 3.20. The van der Waals surface area contributed by atoms with Crippen LogP contribution in [0.5, 0.6) is 0 Å². The third kappa shape index (κ3) is 5.91. The van der Waals surface area contributed by atoms with Crippen molar-refractivity contribution in [3.05, 3.63) is 46.8 Å². The molecule has 0 unspecified atom stereocenters. The van der Waals surface area contributed by atoms with Crippen molar-refractivity contribution in [2.75, 3.05) is 0 Å². The van der Waals surface area contributed by atoms with E-state index in [0.29, 0.717) is 28.1 Å². The molecule has 1 aromatic heterocycles. The maximum absolute atomic E-state index is 14.8. The fraction of sp³-hybridized carbons (Fsp3) is 0.440. The molecule has 34 heavy (non-hydrogen) atoms. The fourth-order valence-corrected chi connectivity index (χ4v) is 4.54. The van der Waals surface area contributed by atoms with Crippen molar-refractivity contribution in [2.24, 2.45) is 10.9 Å². The number of nitrogens with one attached hydrogen (secondary N) is 2. The molecule has 182 valence electrons. The van der Waals surface area contributed by atoms with Gasteiger partial charge in [-0.05, 0) is 76.1 Å². The minimum Gasteiger partial charge on any atom is -0.354 e. The van der Waals surface area contributed by atoms with Gasteiger partial charge in [0.2, 0.25) is 11.8 Å². The van der Waals surface area contributed by atoms with E-state index in [-0.39, 0.29) is 41.2 Å². The first kappa shape index (κ1) is 25.6. The zero-order valence-corrected chi connectivity index (χ0v) is 20.7. The van der Waals surface area contributed by atoms with E-state index in [9.17, 15) is 14.0 Å². The number of hydrogen-bond acceptors (Lipinski definition) is 4. The van der Waals surface area contributed by atoms with Gasteiger partial charge in [-0.15, -0.1) is 0 Å². The molecule has 7 nitrogen and oxygen atoms in total. The lowest BCUT2D eigenvalue weighted by Crippen LogP contribution is -2.41. The van der Waals surface area contributed by atoms with Gasteiger partial charge >= 0.3 is 0 Å². The van der Waals surface area contributed by atoms with E-state index in [4.69, 9.17) is 11.6 Å². The third-order valence-corrected chi connectivity index (χ3v) is 6.23. The number of benzene rings is 1. The summed E-state index contributed by atoms with van der Waals surface area (Å²) >= 11 is 6.39.